The molecular formula is C14H22O2. The second kappa shape index (κ2) is 3.90. The molecule has 0 aromatic carbocycles. The summed E-state index contributed by atoms with van der Waals surface area (Å²) in [5, 5.41) is 0. The van der Waals surface area contributed by atoms with Crippen LogP contribution in [-0.2, 0) is 9.53 Å². The molecule has 0 fully saturated rings. The van der Waals surface area contributed by atoms with Gasteiger partial charge in [0.25, 0.3) is 0 Å². The number of ether oxygens (including phenoxy) is 1. The van der Waals surface area contributed by atoms with Gasteiger partial charge in [-0.1, -0.05) is 20.8 Å². The maximum atomic E-state index is 12.0. The van der Waals surface area contributed by atoms with Crippen LogP contribution in [0.25, 0.3) is 0 Å². The van der Waals surface area contributed by atoms with Crippen molar-refractivity contribution in [1.82, 2.24) is 0 Å². The highest BCUT2D eigenvalue weighted by atomic mass is 16.5. The lowest BCUT2D eigenvalue weighted by Crippen LogP contribution is -2.31. The van der Waals surface area contributed by atoms with E-state index in [1.54, 1.807) is 0 Å². The quantitative estimate of drug-likeness (QED) is 0.627. The molecule has 2 aliphatic rings. The molecule has 0 spiro atoms. The Bertz CT molecular complexity index is 333. The molecule has 2 rings (SSSR count). The summed E-state index contributed by atoms with van der Waals surface area (Å²) in [7, 11) is 0. The van der Waals surface area contributed by atoms with Gasteiger partial charge in [-0.05, 0) is 31.1 Å². The van der Waals surface area contributed by atoms with E-state index in [-0.39, 0.29) is 6.10 Å². The minimum Gasteiger partial charge on any atom is -0.494 e. The van der Waals surface area contributed by atoms with Gasteiger partial charge in [0, 0.05) is 18.4 Å². The molecule has 1 aliphatic heterocycles. The number of allylic oxidation sites excluding steroid dienone is 2. The monoisotopic (exact) mass is 222 g/mol. The van der Waals surface area contributed by atoms with Gasteiger partial charge in [0.1, 0.15) is 11.9 Å². The van der Waals surface area contributed by atoms with Crippen LogP contribution < -0.4 is 0 Å². The van der Waals surface area contributed by atoms with Crippen LogP contribution in [0.2, 0.25) is 0 Å². The van der Waals surface area contributed by atoms with Crippen molar-refractivity contribution in [3.05, 3.63) is 11.3 Å². The molecule has 0 N–H and O–H groups in total. The molecule has 1 heterocycles. The zero-order valence-corrected chi connectivity index (χ0v) is 10.8. The normalized spacial score (nSPS) is 31.1. The molecule has 0 aromatic heterocycles. The average molecular weight is 222 g/mol. The van der Waals surface area contributed by atoms with Crippen molar-refractivity contribution in [3.63, 3.8) is 0 Å². The Balaban J connectivity index is 2.19. The Morgan fingerprint density at radius 2 is 1.94 bits per heavy atom. The van der Waals surface area contributed by atoms with E-state index in [0.29, 0.717) is 23.5 Å². The highest BCUT2D eigenvalue weighted by Gasteiger charge is 2.36. The van der Waals surface area contributed by atoms with Gasteiger partial charge in [-0.15, -0.1) is 0 Å². The van der Waals surface area contributed by atoms with E-state index in [4.69, 9.17) is 4.74 Å². The number of hydrogen-bond donors (Lipinski definition) is 0. The van der Waals surface area contributed by atoms with Crippen LogP contribution in [0.3, 0.4) is 0 Å². The maximum Gasteiger partial charge on any atom is 0.165 e. The first kappa shape index (κ1) is 11.7. The van der Waals surface area contributed by atoms with Crippen LogP contribution in [0.4, 0.5) is 0 Å². The third-order valence-corrected chi connectivity index (χ3v) is 3.88. The first-order valence-electron chi connectivity index (χ1n) is 6.30. The van der Waals surface area contributed by atoms with Gasteiger partial charge >= 0.3 is 0 Å². The molecular weight excluding hydrogens is 200 g/mol. The second-order valence-electron chi connectivity index (χ2n) is 6.26. The first-order chi connectivity index (χ1) is 7.38. The van der Waals surface area contributed by atoms with Gasteiger partial charge in [-0.25, -0.2) is 0 Å². The molecule has 0 aromatic rings. The Morgan fingerprint density at radius 3 is 2.56 bits per heavy atom. The van der Waals surface area contributed by atoms with Crippen molar-refractivity contribution in [3.8, 4) is 0 Å². The van der Waals surface area contributed by atoms with Crippen LogP contribution in [0.1, 0.15) is 53.4 Å². The van der Waals surface area contributed by atoms with Gasteiger partial charge in [-0.2, -0.15) is 0 Å². The van der Waals surface area contributed by atoms with Crippen molar-refractivity contribution in [2.75, 3.05) is 0 Å². The molecule has 0 bridgehead atoms. The fourth-order valence-corrected chi connectivity index (χ4v) is 2.73. The molecule has 16 heavy (non-hydrogen) atoms. The van der Waals surface area contributed by atoms with Crippen molar-refractivity contribution in [1.29, 1.82) is 0 Å². The molecule has 0 unspecified atom stereocenters. The number of carbonyl (C=O) groups is 1. The van der Waals surface area contributed by atoms with Crippen molar-refractivity contribution < 1.29 is 9.53 Å². The van der Waals surface area contributed by atoms with E-state index in [1.807, 2.05) is 6.92 Å². The van der Waals surface area contributed by atoms with E-state index in [9.17, 15) is 4.79 Å². The van der Waals surface area contributed by atoms with E-state index in [2.05, 4.69) is 20.8 Å². The lowest BCUT2D eigenvalue weighted by molar-refractivity contribution is -0.120. The van der Waals surface area contributed by atoms with Crippen molar-refractivity contribution in [2.24, 2.45) is 11.3 Å². The summed E-state index contributed by atoms with van der Waals surface area (Å²) < 4.78 is 5.78. The number of hydrogen-bond acceptors (Lipinski definition) is 2. The molecule has 2 atom stereocenters. The second-order valence-corrected chi connectivity index (χ2v) is 6.26. The first-order valence-corrected chi connectivity index (χ1v) is 6.30. The minimum absolute atomic E-state index is 0.0810. The zero-order valence-electron chi connectivity index (χ0n) is 10.8. The van der Waals surface area contributed by atoms with Gasteiger partial charge in [0.05, 0.1) is 0 Å². The molecule has 0 radical (unpaired) electrons. The van der Waals surface area contributed by atoms with E-state index in [1.165, 1.54) is 0 Å². The lowest BCUT2D eigenvalue weighted by atomic mass is 9.70. The molecule has 0 saturated carbocycles. The molecule has 90 valence electrons. The SMILES string of the molecule is C[C@@H]1CC(=O)C2=C(CC[C@@H](C(C)(C)C)C2)O1. The summed E-state index contributed by atoms with van der Waals surface area (Å²) in [5.74, 6) is 1.93. The molecule has 0 amide bonds. The molecule has 2 heteroatoms. The molecule has 0 saturated heterocycles. The van der Waals surface area contributed by atoms with Gasteiger partial charge < -0.3 is 4.74 Å². The average Bonchev–Trinajstić information content (AvgIpc) is 2.15. The fourth-order valence-electron chi connectivity index (χ4n) is 2.73. The summed E-state index contributed by atoms with van der Waals surface area (Å²) in [6, 6.07) is 0. The minimum atomic E-state index is 0.0810. The third kappa shape index (κ3) is 2.16. The smallest absolute Gasteiger partial charge is 0.165 e. The fraction of sp³-hybridized carbons (Fsp3) is 0.786. The number of ketones is 1. The van der Waals surface area contributed by atoms with Crippen LogP contribution in [0, 0.1) is 11.3 Å². The maximum absolute atomic E-state index is 12.0. The largest absolute Gasteiger partial charge is 0.494 e. The van der Waals surface area contributed by atoms with Crippen molar-refractivity contribution in [2.45, 2.75) is 59.5 Å². The predicted molar refractivity (Wildman–Crippen MR) is 64.0 cm³/mol. The highest BCUT2D eigenvalue weighted by Crippen LogP contribution is 2.42. The van der Waals surface area contributed by atoms with Crippen molar-refractivity contribution >= 4 is 5.78 Å². The summed E-state index contributed by atoms with van der Waals surface area (Å²) >= 11 is 0. The molecule has 2 nitrogen and oxygen atoms in total. The van der Waals surface area contributed by atoms with Gasteiger partial charge in [-0.3, -0.25) is 4.79 Å². The van der Waals surface area contributed by atoms with E-state index in [0.717, 1.165) is 30.6 Å². The Kier molecular flexibility index (Phi) is 2.85. The molecule has 1 aliphatic carbocycles. The topological polar surface area (TPSA) is 26.3 Å². The zero-order chi connectivity index (χ0) is 11.9. The predicted octanol–water partition coefficient (Wildman–Crippen LogP) is 3.46. The Hall–Kier alpha value is -0.790. The summed E-state index contributed by atoms with van der Waals surface area (Å²) in [5.41, 5.74) is 1.28. The lowest BCUT2D eigenvalue weighted by Gasteiger charge is -2.38. The van der Waals surface area contributed by atoms with Crippen LogP contribution in [0.15, 0.2) is 11.3 Å². The Labute approximate surface area is 98.1 Å². The Morgan fingerprint density at radius 1 is 1.25 bits per heavy atom. The number of Topliss-reactive ketones (excluding diaryl/α,β-unsaturated/α-hetero) is 1. The highest BCUT2D eigenvalue weighted by molar-refractivity contribution is 5.97. The summed E-state index contributed by atoms with van der Waals surface area (Å²) in [6.07, 6.45) is 3.67. The van der Waals surface area contributed by atoms with Crippen LogP contribution >= 0.6 is 0 Å². The standard InChI is InChI=1S/C14H22O2/c1-9-7-12(15)11-8-10(14(2,3)4)5-6-13(11)16-9/h9-10H,5-8H2,1-4H3/t9-,10-/m1/s1. The van der Waals surface area contributed by atoms with Gasteiger partial charge in [0.2, 0.25) is 0 Å². The van der Waals surface area contributed by atoms with Crippen LogP contribution in [0.5, 0.6) is 0 Å². The van der Waals surface area contributed by atoms with E-state index < -0.39 is 0 Å². The third-order valence-electron chi connectivity index (χ3n) is 3.88. The number of carbonyl (C=O) groups excluding carboxylic acids is 1. The van der Waals surface area contributed by atoms with Crippen LogP contribution in [-0.4, -0.2) is 11.9 Å². The number of rotatable bonds is 0. The summed E-state index contributed by atoms with van der Waals surface area (Å²) in [6.45, 7) is 8.78. The summed E-state index contributed by atoms with van der Waals surface area (Å²) in [4.78, 5) is 12.0. The van der Waals surface area contributed by atoms with E-state index >= 15 is 0 Å². The van der Waals surface area contributed by atoms with Gasteiger partial charge in [0.15, 0.2) is 5.78 Å².